The molecule has 0 saturated carbocycles. The molecule has 35 heavy (non-hydrogen) atoms. The van der Waals surface area contributed by atoms with E-state index in [0.29, 0.717) is 45.9 Å². The number of ether oxygens (including phenoxy) is 4. The lowest BCUT2D eigenvalue weighted by Gasteiger charge is -2.30. The Kier molecular flexibility index (Phi) is 8.91. The van der Waals surface area contributed by atoms with Crippen molar-refractivity contribution < 1.29 is 28.5 Å². The minimum absolute atomic E-state index is 0.236. The van der Waals surface area contributed by atoms with Gasteiger partial charge in [-0.2, -0.15) is 0 Å². The number of carbonyl (C=O) groups is 2. The number of allylic oxidation sites excluding steroid dienone is 1. The van der Waals surface area contributed by atoms with Gasteiger partial charge in [0.2, 0.25) is 0 Å². The lowest BCUT2D eigenvalue weighted by molar-refractivity contribution is -0.139. The largest absolute Gasteiger partial charge is 0.495 e. The van der Waals surface area contributed by atoms with E-state index in [-0.39, 0.29) is 19.1 Å². The summed E-state index contributed by atoms with van der Waals surface area (Å²) in [5.74, 6) is 0.578. The van der Waals surface area contributed by atoms with Crippen LogP contribution in [0.1, 0.15) is 32.4 Å². The molecule has 1 amide bonds. The zero-order chi connectivity index (χ0) is 25.4. The predicted octanol–water partition coefficient (Wildman–Crippen LogP) is 3.47. The van der Waals surface area contributed by atoms with E-state index in [1.807, 2.05) is 13.0 Å². The van der Waals surface area contributed by atoms with Gasteiger partial charge < -0.3 is 34.9 Å². The van der Waals surface area contributed by atoms with Gasteiger partial charge in [-0.25, -0.2) is 4.79 Å². The number of hydrogen-bond acceptors (Lipinski definition) is 7. The van der Waals surface area contributed by atoms with E-state index < -0.39 is 12.0 Å². The molecule has 2 aromatic carbocycles. The average molecular weight is 500 g/mol. The Labute approximate surface area is 209 Å². The first-order valence-corrected chi connectivity index (χ1v) is 11.6. The molecular weight excluding hydrogens is 470 g/mol. The number of rotatable bonds is 10. The highest BCUT2D eigenvalue weighted by atomic mass is 32.1. The number of para-hydroxylation sites is 2. The summed E-state index contributed by atoms with van der Waals surface area (Å²) in [5.41, 5.74) is 2.31. The molecule has 0 radical (unpaired) electrons. The first-order chi connectivity index (χ1) is 16.9. The van der Waals surface area contributed by atoms with Gasteiger partial charge >= 0.3 is 5.97 Å². The number of amides is 1. The number of hydrogen-bond donors (Lipinski definition) is 3. The number of thiocarbonyl (C=S) groups is 1. The Bertz CT molecular complexity index is 1130. The topological polar surface area (TPSA) is 107 Å². The van der Waals surface area contributed by atoms with E-state index in [1.165, 1.54) is 7.11 Å². The van der Waals surface area contributed by atoms with Crippen LogP contribution in [0.4, 0.5) is 5.69 Å². The third-order valence-corrected chi connectivity index (χ3v) is 5.33. The van der Waals surface area contributed by atoms with Crippen LogP contribution in [0.5, 0.6) is 17.2 Å². The molecule has 0 aromatic heterocycles. The van der Waals surface area contributed by atoms with E-state index in [9.17, 15) is 9.59 Å². The number of esters is 1. The number of anilines is 1. The summed E-state index contributed by atoms with van der Waals surface area (Å²) >= 11 is 5.30. The smallest absolute Gasteiger partial charge is 0.338 e. The van der Waals surface area contributed by atoms with E-state index in [1.54, 1.807) is 50.2 Å². The molecule has 0 aliphatic carbocycles. The molecule has 1 unspecified atom stereocenters. The summed E-state index contributed by atoms with van der Waals surface area (Å²) < 4.78 is 22.0. The maximum absolute atomic E-state index is 12.6. The third kappa shape index (κ3) is 6.42. The minimum atomic E-state index is -0.537. The summed E-state index contributed by atoms with van der Waals surface area (Å²) in [7, 11) is 1.53. The minimum Gasteiger partial charge on any atom is -0.495 e. The Balaban J connectivity index is 1.80. The Morgan fingerprint density at radius 2 is 1.80 bits per heavy atom. The summed E-state index contributed by atoms with van der Waals surface area (Å²) in [6, 6.07) is 11.8. The molecule has 1 heterocycles. The van der Waals surface area contributed by atoms with E-state index in [0.717, 1.165) is 5.56 Å². The molecule has 3 N–H and O–H groups in total. The summed E-state index contributed by atoms with van der Waals surface area (Å²) in [6.45, 7) is 5.76. The van der Waals surface area contributed by atoms with Crippen LogP contribution >= 0.6 is 12.2 Å². The van der Waals surface area contributed by atoms with Crippen molar-refractivity contribution in [3.8, 4) is 17.2 Å². The number of carbonyl (C=O) groups excluding carboxylic acids is 2. The molecule has 0 spiro atoms. The van der Waals surface area contributed by atoms with Crippen molar-refractivity contribution in [1.29, 1.82) is 0 Å². The van der Waals surface area contributed by atoms with Gasteiger partial charge in [-0.3, -0.25) is 4.79 Å². The average Bonchev–Trinajstić information content (AvgIpc) is 2.83. The maximum atomic E-state index is 12.6. The molecule has 10 heteroatoms. The Morgan fingerprint density at radius 1 is 1.03 bits per heavy atom. The first-order valence-electron chi connectivity index (χ1n) is 11.2. The summed E-state index contributed by atoms with van der Waals surface area (Å²) in [4.78, 5) is 25.1. The van der Waals surface area contributed by atoms with E-state index in [2.05, 4.69) is 16.0 Å². The molecule has 0 saturated heterocycles. The molecule has 2 aromatic rings. The van der Waals surface area contributed by atoms with E-state index >= 15 is 0 Å². The van der Waals surface area contributed by atoms with Gasteiger partial charge in [0.25, 0.3) is 5.91 Å². The van der Waals surface area contributed by atoms with Crippen molar-refractivity contribution in [3.05, 3.63) is 59.3 Å². The number of nitrogens with one attached hydrogen (secondary N) is 3. The molecule has 1 aliphatic heterocycles. The molecule has 0 fully saturated rings. The Hall–Kier alpha value is -3.79. The number of benzene rings is 2. The van der Waals surface area contributed by atoms with Gasteiger partial charge in [0.15, 0.2) is 23.2 Å². The van der Waals surface area contributed by atoms with Crippen LogP contribution in [0.3, 0.4) is 0 Å². The van der Waals surface area contributed by atoms with Crippen molar-refractivity contribution in [2.75, 3.05) is 32.2 Å². The van der Waals surface area contributed by atoms with Crippen LogP contribution in [0, 0.1) is 0 Å². The summed E-state index contributed by atoms with van der Waals surface area (Å²) in [6.07, 6.45) is 0. The van der Waals surface area contributed by atoms with Gasteiger partial charge in [-0.05, 0) is 62.8 Å². The normalized spacial score (nSPS) is 15.0. The maximum Gasteiger partial charge on any atom is 0.338 e. The third-order valence-electron chi connectivity index (χ3n) is 5.11. The second kappa shape index (κ2) is 12.1. The quantitative estimate of drug-likeness (QED) is 0.335. The lowest BCUT2D eigenvalue weighted by Crippen LogP contribution is -2.45. The van der Waals surface area contributed by atoms with Crippen LogP contribution in [-0.4, -0.2) is 43.9 Å². The SMILES string of the molecule is CCOC(=O)C1=C(C)NC(=S)NC1c1ccc(OCC(=O)Nc2ccccc2OC)c(OCC)c1. The molecule has 1 aliphatic rings. The van der Waals surface area contributed by atoms with Crippen LogP contribution in [0.15, 0.2) is 53.7 Å². The first kappa shape index (κ1) is 25.8. The van der Waals surface area contributed by atoms with Crippen LogP contribution in [0.25, 0.3) is 0 Å². The van der Waals surface area contributed by atoms with Gasteiger partial charge in [-0.1, -0.05) is 18.2 Å². The fourth-order valence-electron chi connectivity index (χ4n) is 3.59. The monoisotopic (exact) mass is 499 g/mol. The standard InChI is InChI=1S/C25H29N3O6S/c1-5-32-20-13-16(23-22(24(30)33-6-2)15(3)26-25(35)28-23)11-12-19(20)34-14-21(29)27-17-9-7-8-10-18(17)31-4/h7-13,23H,5-6,14H2,1-4H3,(H,27,29)(H2,26,28,35). The summed E-state index contributed by atoms with van der Waals surface area (Å²) in [5, 5.41) is 9.25. The van der Waals surface area contributed by atoms with Crippen molar-refractivity contribution >= 4 is 34.9 Å². The zero-order valence-electron chi connectivity index (χ0n) is 20.1. The van der Waals surface area contributed by atoms with Crippen LogP contribution in [-0.2, 0) is 14.3 Å². The van der Waals surface area contributed by atoms with Gasteiger partial charge in [-0.15, -0.1) is 0 Å². The van der Waals surface area contributed by atoms with Crippen molar-refractivity contribution in [2.45, 2.75) is 26.8 Å². The molecule has 0 bridgehead atoms. The van der Waals surface area contributed by atoms with E-state index in [4.69, 9.17) is 31.2 Å². The van der Waals surface area contributed by atoms with Crippen LogP contribution < -0.4 is 30.2 Å². The van der Waals surface area contributed by atoms with Gasteiger partial charge in [0.1, 0.15) is 5.75 Å². The molecular formula is C25H29N3O6S. The fraction of sp³-hybridized carbons (Fsp3) is 0.320. The van der Waals surface area contributed by atoms with Gasteiger partial charge in [0.05, 0.1) is 37.6 Å². The molecule has 9 nitrogen and oxygen atoms in total. The van der Waals surface area contributed by atoms with Crippen molar-refractivity contribution in [3.63, 3.8) is 0 Å². The van der Waals surface area contributed by atoms with Gasteiger partial charge in [0, 0.05) is 5.70 Å². The highest BCUT2D eigenvalue weighted by Gasteiger charge is 2.31. The van der Waals surface area contributed by atoms with Crippen molar-refractivity contribution in [2.24, 2.45) is 0 Å². The molecule has 3 rings (SSSR count). The Morgan fingerprint density at radius 3 is 2.51 bits per heavy atom. The fourth-order valence-corrected chi connectivity index (χ4v) is 3.86. The second-order valence-corrected chi connectivity index (χ2v) is 7.88. The highest BCUT2D eigenvalue weighted by molar-refractivity contribution is 7.80. The van der Waals surface area contributed by atoms with Crippen molar-refractivity contribution in [1.82, 2.24) is 10.6 Å². The molecule has 1 atom stereocenters. The predicted molar refractivity (Wildman–Crippen MR) is 136 cm³/mol. The van der Waals surface area contributed by atoms with Crippen LogP contribution in [0.2, 0.25) is 0 Å². The molecule has 186 valence electrons. The second-order valence-electron chi connectivity index (χ2n) is 7.47. The number of methoxy groups -OCH3 is 1. The zero-order valence-corrected chi connectivity index (χ0v) is 20.9. The highest BCUT2D eigenvalue weighted by Crippen LogP contribution is 2.35. The lowest BCUT2D eigenvalue weighted by atomic mass is 9.95.